The molecule has 1 heterocycles. The van der Waals surface area contributed by atoms with Crippen molar-refractivity contribution < 1.29 is 19.2 Å². The van der Waals surface area contributed by atoms with Gasteiger partial charge >= 0.3 is 5.97 Å². The number of hydrogen-bond acceptors (Lipinski definition) is 6. The summed E-state index contributed by atoms with van der Waals surface area (Å²) in [5, 5.41) is 11.0. The van der Waals surface area contributed by atoms with Crippen LogP contribution in [0.25, 0.3) is 0 Å². The molecule has 3 rings (SSSR count). The Balaban J connectivity index is 1.81. The van der Waals surface area contributed by atoms with Crippen LogP contribution in [0.3, 0.4) is 0 Å². The number of non-ortho nitro benzene ring substituents is 1. The molecule has 0 spiro atoms. The van der Waals surface area contributed by atoms with E-state index in [-0.39, 0.29) is 11.3 Å². The predicted octanol–water partition coefficient (Wildman–Crippen LogP) is 3.77. The van der Waals surface area contributed by atoms with Gasteiger partial charge in [-0.25, -0.2) is 4.79 Å². The quantitative estimate of drug-likeness (QED) is 0.453. The van der Waals surface area contributed by atoms with Crippen LogP contribution in [-0.4, -0.2) is 38.2 Å². The number of ether oxygens (including phenoxy) is 2. The molecular formula is C20H22N2O5. The SMILES string of the molecule is COC(=O)c1cc([N+](=O)[O-])ccc1N1CCC(c2ccccc2OC)CC1. The molecule has 142 valence electrons. The van der Waals surface area contributed by atoms with Crippen molar-refractivity contribution in [2.75, 3.05) is 32.2 Å². The monoisotopic (exact) mass is 370 g/mol. The molecule has 1 aliphatic heterocycles. The van der Waals surface area contributed by atoms with Crippen molar-refractivity contribution in [1.82, 2.24) is 0 Å². The Morgan fingerprint density at radius 3 is 2.48 bits per heavy atom. The van der Waals surface area contributed by atoms with E-state index in [0.717, 1.165) is 31.7 Å². The minimum absolute atomic E-state index is 0.122. The Morgan fingerprint density at radius 1 is 1.15 bits per heavy atom. The standard InChI is InChI=1S/C20H22N2O5/c1-26-19-6-4-3-5-16(19)14-9-11-21(12-10-14)18-8-7-15(22(24)25)13-17(18)20(23)27-2/h3-8,13-14H,9-12H2,1-2H3. The van der Waals surface area contributed by atoms with Crippen molar-refractivity contribution in [2.45, 2.75) is 18.8 Å². The fourth-order valence-corrected chi connectivity index (χ4v) is 3.62. The molecule has 2 aromatic carbocycles. The van der Waals surface area contributed by atoms with E-state index in [1.54, 1.807) is 13.2 Å². The molecule has 0 aromatic heterocycles. The zero-order valence-electron chi connectivity index (χ0n) is 15.4. The lowest BCUT2D eigenvalue weighted by Crippen LogP contribution is -2.34. The van der Waals surface area contributed by atoms with Gasteiger partial charge in [0.05, 0.1) is 30.4 Å². The number of methoxy groups -OCH3 is 2. The fraction of sp³-hybridized carbons (Fsp3) is 0.350. The van der Waals surface area contributed by atoms with Crippen molar-refractivity contribution >= 4 is 17.3 Å². The van der Waals surface area contributed by atoms with E-state index in [9.17, 15) is 14.9 Å². The van der Waals surface area contributed by atoms with Gasteiger partial charge in [-0.2, -0.15) is 0 Å². The predicted molar refractivity (Wildman–Crippen MR) is 102 cm³/mol. The first-order valence-electron chi connectivity index (χ1n) is 8.79. The highest BCUT2D eigenvalue weighted by Crippen LogP contribution is 2.36. The van der Waals surface area contributed by atoms with E-state index < -0.39 is 10.9 Å². The largest absolute Gasteiger partial charge is 0.496 e. The van der Waals surface area contributed by atoms with Crippen LogP contribution in [0.5, 0.6) is 5.75 Å². The maximum atomic E-state index is 12.1. The first kappa shape index (κ1) is 18.7. The number of esters is 1. The molecule has 0 atom stereocenters. The summed E-state index contributed by atoms with van der Waals surface area (Å²) in [7, 11) is 2.95. The summed E-state index contributed by atoms with van der Waals surface area (Å²) < 4.78 is 10.3. The maximum absolute atomic E-state index is 12.1. The molecule has 0 aliphatic carbocycles. The van der Waals surface area contributed by atoms with E-state index in [1.807, 2.05) is 18.2 Å². The summed E-state index contributed by atoms with van der Waals surface area (Å²) in [6.07, 6.45) is 1.80. The Bertz CT molecular complexity index is 844. The second kappa shape index (κ2) is 8.07. The van der Waals surface area contributed by atoms with Crippen molar-refractivity contribution in [2.24, 2.45) is 0 Å². The number of carbonyl (C=O) groups is 1. The Kier molecular flexibility index (Phi) is 5.59. The normalized spacial score (nSPS) is 14.7. The number of nitro groups is 1. The summed E-state index contributed by atoms with van der Waals surface area (Å²) in [5.41, 5.74) is 1.97. The Labute approximate surface area is 157 Å². The smallest absolute Gasteiger partial charge is 0.340 e. The third-order valence-corrected chi connectivity index (χ3v) is 5.01. The van der Waals surface area contributed by atoms with Crippen LogP contribution < -0.4 is 9.64 Å². The molecule has 27 heavy (non-hydrogen) atoms. The van der Waals surface area contributed by atoms with E-state index in [0.29, 0.717) is 11.6 Å². The molecule has 0 radical (unpaired) electrons. The second-order valence-corrected chi connectivity index (χ2v) is 6.45. The Morgan fingerprint density at radius 2 is 1.85 bits per heavy atom. The zero-order valence-corrected chi connectivity index (χ0v) is 15.4. The number of piperidine rings is 1. The topological polar surface area (TPSA) is 81.9 Å². The third-order valence-electron chi connectivity index (χ3n) is 5.01. The minimum atomic E-state index is -0.569. The van der Waals surface area contributed by atoms with E-state index in [4.69, 9.17) is 9.47 Å². The number of nitrogens with zero attached hydrogens (tertiary/aromatic N) is 2. The number of para-hydroxylation sites is 1. The highest BCUT2D eigenvalue weighted by Gasteiger charge is 2.27. The molecular weight excluding hydrogens is 348 g/mol. The summed E-state index contributed by atoms with van der Waals surface area (Å²) in [4.78, 5) is 24.7. The van der Waals surface area contributed by atoms with E-state index in [2.05, 4.69) is 11.0 Å². The lowest BCUT2D eigenvalue weighted by molar-refractivity contribution is -0.384. The molecule has 1 fully saturated rings. The van der Waals surface area contributed by atoms with Gasteiger partial charge in [-0.3, -0.25) is 10.1 Å². The van der Waals surface area contributed by atoms with Gasteiger partial charge in [0.2, 0.25) is 0 Å². The highest BCUT2D eigenvalue weighted by atomic mass is 16.6. The summed E-state index contributed by atoms with van der Waals surface area (Å²) in [6, 6.07) is 12.4. The lowest BCUT2D eigenvalue weighted by Gasteiger charge is -2.35. The number of anilines is 1. The molecule has 0 unspecified atom stereocenters. The molecule has 2 aromatic rings. The Hall–Kier alpha value is -3.09. The third kappa shape index (κ3) is 3.86. The van der Waals surface area contributed by atoms with Crippen LogP contribution in [0.15, 0.2) is 42.5 Å². The molecule has 0 bridgehead atoms. The number of hydrogen-bond donors (Lipinski definition) is 0. The van der Waals surface area contributed by atoms with Gasteiger partial charge in [0, 0.05) is 25.2 Å². The number of benzene rings is 2. The van der Waals surface area contributed by atoms with Gasteiger partial charge in [-0.05, 0) is 36.5 Å². The summed E-state index contributed by atoms with van der Waals surface area (Å²) >= 11 is 0. The average molecular weight is 370 g/mol. The van der Waals surface area contributed by atoms with Gasteiger partial charge in [-0.15, -0.1) is 0 Å². The fourth-order valence-electron chi connectivity index (χ4n) is 3.62. The second-order valence-electron chi connectivity index (χ2n) is 6.45. The van der Waals surface area contributed by atoms with E-state index in [1.165, 1.54) is 24.8 Å². The number of nitro benzene ring substituents is 1. The van der Waals surface area contributed by atoms with Crippen LogP contribution in [0.4, 0.5) is 11.4 Å². The maximum Gasteiger partial charge on any atom is 0.340 e. The van der Waals surface area contributed by atoms with Gasteiger partial charge in [0.15, 0.2) is 0 Å². The van der Waals surface area contributed by atoms with Crippen LogP contribution in [-0.2, 0) is 4.74 Å². The van der Waals surface area contributed by atoms with Gasteiger partial charge in [0.25, 0.3) is 5.69 Å². The van der Waals surface area contributed by atoms with E-state index >= 15 is 0 Å². The average Bonchev–Trinajstić information content (AvgIpc) is 2.72. The van der Waals surface area contributed by atoms with Crippen LogP contribution in [0.2, 0.25) is 0 Å². The number of rotatable bonds is 5. The first-order chi connectivity index (χ1) is 13.0. The van der Waals surface area contributed by atoms with Crippen LogP contribution in [0, 0.1) is 10.1 Å². The summed E-state index contributed by atoms with van der Waals surface area (Å²) in [5.74, 6) is 0.694. The molecule has 0 N–H and O–H groups in total. The molecule has 1 aliphatic rings. The zero-order chi connectivity index (χ0) is 19.4. The van der Waals surface area contributed by atoms with Crippen LogP contribution >= 0.6 is 0 Å². The van der Waals surface area contributed by atoms with Crippen molar-refractivity contribution in [3.05, 3.63) is 63.7 Å². The summed E-state index contributed by atoms with van der Waals surface area (Å²) in [6.45, 7) is 1.48. The molecule has 0 saturated carbocycles. The van der Waals surface area contributed by atoms with Crippen LogP contribution in [0.1, 0.15) is 34.7 Å². The first-order valence-corrected chi connectivity index (χ1v) is 8.79. The minimum Gasteiger partial charge on any atom is -0.496 e. The molecule has 0 amide bonds. The van der Waals surface area contributed by atoms with Crippen molar-refractivity contribution in [3.63, 3.8) is 0 Å². The number of carbonyl (C=O) groups excluding carboxylic acids is 1. The van der Waals surface area contributed by atoms with Crippen molar-refractivity contribution in [1.29, 1.82) is 0 Å². The highest BCUT2D eigenvalue weighted by molar-refractivity contribution is 5.96. The van der Waals surface area contributed by atoms with Gasteiger partial charge < -0.3 is 14.4 Å². The molecule has 7 nitrogen and oxygen atoms in total. The molecule has 1 saturated heterocycles. The van der Waals surface area contributed by atoms with Crippen molar-refractivity contribution in [3.8, 4) is 5.75 Å². The van der Waals surface area contributed by atoms with Gasteiger partial charge in [-0.1, -0.05) is 18.2 Å². The van der Waals surface area contributed by atoms with Gasteiger partial charge in [0.1, 0.15) is 5.75 Å². The molecule has 7 heteroatoms. The lowest BCUT2D eigenvalue weighted by atomic mass is 9.88.